The van der Waals surface area contributed by atoms with Gasteiger partial charge in [0.05, 0.1) is 18.2 Å². The Labute approximate surface area is 83.4 Å². The Kier molecular flexibility index (Phi) is 4.19. The molecule has 0 atom stereocenters. The lowest BCUT2D eigenvalue weighted by atomic mass is 10.1. The number of nitrogens with zero attached hydrogens (tertiary/aromatic N) is 1. The first kappa shape index (κ1) is 10.2. The fraction of sp³-hybridized carbons (Fsp3) is 0.0833. The fourth-order valence-electron chi connectivity index (χ4n) is 0.975. The minimum Gasteiger partial charge on any atom is -0.392 e. The summed E-state index contributed by atoms with van der Waals surface area (Å²) in [5.74, 6) is 0. The Morgan fingerprint density at radius 2 is 1.93 bits per heavy atom. The summed E-state index contributed by atoms with van der Waals surface area (Å²) in [6, 6.07) is 9.36. The Morgan fingerprint density at radius 3 is 2.50 bits per heavy atom. The van der Waals surface area contributed by atoms with Crippen molar-refractivity contribution in [2.75, 3.05) is 6.61 Å². The maximum atomic E-state index is 8.57. The molecule has 1 aromatic carbocycles. The Balaban J connectivity index is 2.65. The second kappa shape index (κ2) is 5.74. The van der Waals surface area contributed by atoms with Gasteiger partial charge in [0, 0.05) is 0 Å². The zero-order valence-corrected chi connectivity index (χ0v) is 7.72. The Bertz CT molecular complexity index is 368. The molecule has 0 fully saturated rings. The van der Waals surface area contributed by atoms with Gasteiger partial charge in [-0.3, -0.25) is 0 Å². The van der Waals surface area contributed by atoms with Crippen LogP contribution in [0, 0.1) is 11.3 Å². The molecule has 70 valence electrons. The summed E-state index contributed by atoms with van der Waals surface area (Å²) in [6.07, 6.45) is 7.18. The highest BCUT2D eigenvalue weighted by molar-refractivity contribution is 5.52. The second-order valence-electron chi connectivity index (χ2n) is 2.70. The van der Waals surface area contributed by atoms with Gasteiger partial charge in [0.1, 0.15) is 0 Å². The largest absolute Gasteiger partial charge is 0.392 e. The maximum Gasteiger partial charge on any atom is 0.0991 e. The van der Waals surface area contributed by atoms with Gasteiger partial charge >= 0.3 is 0 Å². The van der Waals surface area contributed by atoms with Crippen LogP contribution in [0.5, 0.6) is 0 Å². The average molecular weight is 185 g/mol. The van der Waals surface area contributed by atoms with E-state index in [0.29, 0.717) is 5.56 Å². The first-order valence-electron chi connectivity index (χ1n) is 4.31. The van der Waals surface area contributed by atoms with Gasteiger partial charge in [-0.15, -0.1) is 0 Å². The monoisotopic (exact) mass is 185 g/mol. The molecule has 1 aromatic rings. The molecule has 0 amide bonds. The van der Waals surface area contributed by atoms with Gasteiger partial charge in [-0.1, -0.05) is 36.4 Å². The van der Waals surface area contributed by atoms with Crippen molar-refractivity contribution in [1.82, 2.24) is 0 Å². The number of aliphatic hydroxyl groups is 1. The molecule has 0 heterocycles. The normalized spacial score (nSPS) is 10.9. The van der Waals surface area contributed by atoms with Crippen molar-refractivity contribution in [3.05, 3.63) is 53.6 Å². The topological polar surface area (TPSA) is 44.0 Å². The van der Waals surface area contributed by atoms with Crippen LogP contribution >= 0.6 is 0 Å². The SMILES string of the molecule is N#Cc1ccc(/C=C/C=C/CO)cc1. The molecular formula is C12H11NO. The second-order valence-corrected chi connectivity index (χ2v) is 2.70. The summed E-state index contributed by atoms with van der Waals surface area (Å²) in [7, 11) is 0. The minimum absolute atomic E-state index is 0.0533. The maximum absolute atomic E-state index is 8.57. The van der Waals surface area contributed by atoms with Crippen molar-refractivity contribution >= 4 is 6.08 Å². The van der Waals surface area contributed by atoms with Crippen molar-refractivity contribution in [3.63, 3.8) is 0 Å². The van der Waals surface area contributed by atoms with E-state index in [1.54, 1.807) is 24.3 Å². The summed E-state index contributed by atoms with van der Waals surface area (Å²) in [6.45, 7) is 0.0533. The molecule has 1 rings (SSSR count). The van der Waals surface area contributed by atoms with Crippen LogP contribution in [0.1, 0.15) is 11.1 Å². The van der Waals surface area contributed by atoms with E-state index < -0.39 is 0 Å². The number of hydrogen-bond acceptors (Lipinski definition) is 2. The van der Waals surface area contributed by atoms with Crippen LogP contribution in [0.15, 0.2) is 42.5 Å². The lowest BCUT2D eigenvalue weighted by Gasteiger charge is -1.91. The van der Waals surface area contributed by atoms with Crippen LogP contribution in [0.4, 0.5) is 0 Å². The molecule has 0 saturated heterocycles. The van der Waals surface area contributed by atoms with Gasteiger partial charge < -0.3 is 5.11 Å². The van der Waals surface area contributed by atoms with E-state index in [1.165, 1.54) is 0 Å². The molecule has 2 heteroatoms. The highest BCUT2D eigenvalue weighted by atomic mass is 16.2. The van der Waals surface area contributed by atoms with E-state index in [0.717, 1.165) is 5.56 Å². The predicted octanol–water partition coefficient (Wildman–Crippen LogP) is 2.12. The van der Waals surface area contributed by atoms with E-state index in [4.69, 9.17) is 10.4 Å². The molecule has 0 radical (unpaired) electrons. The standard InChI is InChI=1S/C12H11NO/c13-10-12-7-5-11(6-8-12)4-2-1-3-9-14/h1-8,14H,9H2/b3-1+,4-2+. The van der Waals surface area contributed by atoms with Gasteiger partial charge in [0.15, 0.2) is 0 Å². The van der Waals surface area contributed by atoms with Crippen LogP contribution in [0.2, 0.25) is 0 Å². The summed E-state index contributed by atoms with van der Waals surface area (Å²) in [5.41, 5.74) is 1.69. The van der Waals surface area contributed by atoms with Crippen LogP contribution in [-0.2, 0) is 0 Å². The number of hydrogen-bond donors (Lipinski definition) is 1. The number of rotatable bonds is 3. The van der Waals surface area contributed by atoms with Gasteiger partial charge in [-0.25, -0.2) is 0 Å². The van der Waals surface area contributed by atoms with E-state index >= 15 is 0 Å². The van der Waals surface area contributed by atoms with E-state index in [2.05, 4.69) is 6.07 Å². The lowest BCUT2D eigenvalue weighted by molar-refractivity contribution is 0.343. The van der Waals surface area contributed by atoms with Gasteiger partial charge in [-0.2, -0.15) is 5.26 Å². The lowest BCUT2D eigenvalue weighted by Crippen LogP contribution is -1.74. The molecule has 14 heavy (non-hydrogen) atoms. The first-order chi connectivity index (χ1) is 6.86. The van der Waals surface area contributed by atoms with E-state index in [-0.39, 0.29) is 6.61 Å². The first-order valence-corrected chi connectivity index (χ1v) is 4.31. The zero-order chi connectivity index (χ0) is 10.2. The molecule has 1 N–H and O–H groups in total. The van der Waals surface area contributed by atoms with Crippen LogP contribution in [-0.4, -0.2) is 11.7 Å². The molecule has 0 spiro atoms. The predicted molar refractivity (Wildman–Crippen MR) is 56.4 cm³/mol. The summed E-state index contributed by atoms with van der Waals surface area (Å²) >= 11 is 0. The van der Waals surface area contributed by atoms with E-state index in [1.807, 2.05) is 24.3 Å². The van der Waals surface area contributed by atoms with Crippen molar-refractivity contribution in [2.45, 2.75) is 0 Å². The van der Waals surface area contributed by atoms with Crippen molar-refractivity contribution < 1.29 is 5.11 Å². The smallest absolute Gasteiger partial charge is 0.0991 e. The Hall–Kier alpha value is -1.85. The van der Waals surface area contributed by atoms with Gasteiger partial charge in [-0.05, 0) is 17.7 Å². The highest BCUT2D eigenvalue weighted by Gasteiger charge is 1.87. The van der Waals surface area contributed by atoms with Crippen molar-refractivity contribution in [1.29, 1.82) is 5.26 Å². The quantitative estimate of drug-likeness (QED) is 0.733. The average Bonchev–Trinajstić information content (AvgIpc) is 2.25. The number of benzene rings is 1. The fourth-order valence-corrected chi connectivity index (χ4v) is 0.975. The Morgan fingerprint density at radius 1 is 1.21 bits per heavy atom. The summed E-state index contributed by atoms with van der Waals surface area (Å²) < 4.78 is 0. The molecule has 0 unspecified atom stereocenters. The molecule has 2 nitrogen and oxygen atoms in total. The molecule has 0 aliphatic heterocycles. The van der Waals surface area contributed by atoms with E-state index in [9.17, 15) is 0 Å². The third kappa shape index (κ3) is 3.26. The van der Waals surface area contributed by atoms with Crippen LogP contribution in [0.25, 0.3) is 6.08 Å². The minimum atomic E-state index is 0.0533. The van der Waals surface area contributed by atoms with Gasteiger partial charge in [0.25, 0.3) is 0 Å². The van der Waals surface area contributed by atoms with Crippen LogP contribution < -0.4 is 0 Å². The summed E-state index contributed by atoms with van der Waals surface area (Å²) in [4.78, 5) is 0. The van der Waals surface area contributed by atoms with Gasteiger partial charge in [0.2, 0.25) is 0 Å². The number of aliphatic hydroxyl groups excluding tert-OH is 1. The summed E-state index contributed by atoms with van der Waals surface area (Å²) in [5, 5.41) is 17.0. The number of nitriles is 1. The molecular weight excluding hydrogens is 174 g/mol. The molecule has 0 saturated carbocycles. The van der Waals surface area contributed by atoms with Crippen molar-refractivity contribution in [2.24, 2.45) is 0 Å². The molecule has 0 aromatic heterocycles. The number of allylic oxidation sites excluding steroid dienone is 2. The third-order valence-electron chi connectivity index (χ3n) is 1.68. The zero-order valence-electron chi connectivity index (χ0n) is 7.72. The molecule has 0 aliphatic carbocycles. The van der Waals surface area contributed by atoms with Crippen LogP contribution in [0.3, 0.4) is 0 Å². The van der Waals surface area contributed by atoms with Crippen molar-refractivity contribution in [3.8, 4) is 6.07 Å². The third-order valence-corrected chi connectivity index (χ3v) is 1.68. The highest BCUT2D eigenvalue weighted by Crippen LogP contribution is 2.04. The molecule has 0 bridgehead atoms. The molecule has 0 aliphatic rings.